The maximum Gasteiger partial charge on any atom is 0.338 e. The van der Waals surface area contributed by atoms with Crippen molar-refractivity contribution in [2.24, 2.45) is 0 Å². The molecule has 0 unspecified atom stereocenters. The lowest BCUT2D eigenvalue weighted by molar-refractivity contribution is 0.0600. The Balaban J connectivity index is 3.16. The molecule has 2 N–H and O–H groups in total. The second kappa shape index (κ2) is 5.20. The number of esters is 1. The number of benzene rings is 1. The number of hydrogen-bond acceptors (Lipinski definition) is 4. The maximum atomic E-state index is 11.3. The van der Waals surface area contributed by atoms with Crippen LogP contribution in [-0.4, -0.2) is 19.7 Å². The Kier molecular flexibility index (Phi) is 4.19. The normalized spacial score (nSPS) is 9.80. The van der Waals surface area contributed by atoms with Crippen LogP contribution in [0.15, 0.2) is 12.1 Å². The van der Waals surface area contributed by atoms with Crippen molar-refractivity contribution in [2.45, 2.75) is 6.92 Å². The van der Waals surface area contributed by atoms with Gasteiger partial charge in [-0.25, -0.2) is 4.79 Å². The van der Waals surface area contributed by atoms with Crippen LogP contribution in [0.3, 0.4) is 0 Å². The van der Waals surface area contributed by atoms with Crippen LogP contribution in [0, 0.1) is 3.57 Å². The van der Waals surface area contributed by atoms with Gasteiger partial charge in [-0.1, -0.05) is 0 Å². The lowest BCUT2D eigenvalue weighted by atomic mass is 10.2. The van der Waals surface area contributed by atoms with E-state index in [1.807, 2.05) is 6.92 Å². The fourth-order valence-electron chi connectivity index (χ4n) is 1.12. The number of anilines is 1. The molecule has 0 saturated carbocycles. The molecular formula is C10H12INO3. The molecule has 1 rings (SSSR count). The van der Waals surface area contributed by atoms with Crippen LogP contribution in [0.4, 0.5) is 5.69 Å². The third-order valence-corrected chi connectivity index (χ3v) is 2.94. The van der Waals surface area contributed by atoms with Gasteiger partial charge >= 0.3 is 5.97 Å². The van der Waals surface area contributed by atoms with Crippen molar-refractivity contribution in [3.8, 4) is 5.75 Å². The average Bonchev–Trinajstić information content (AvgIpc) is 2.23. The molecule has 0 heterocycles. The van der Waals surface area contributed by atoms with Crippen molar-refractivity contribution in [1.29, 1.82) is 0 Å². The Morgan fingerprint density at radius 2 is 2.20 bits per heavy atom. The van der Waals surface area contributed by atoms with E-state index in [0.29, 0.717) is 23.6 Å². The number of rotatable bonds is 3. The van der Waals surface area contributed by atoms with Crippen LogP contribution in [0.5, 0.6) is 5.75 Å². The molecule has 1 aromatic rings. The van der Waals surface area contributed by atoms with Gasteiger partial charge in [-0.15, -0.1) is 0 Å². The fourth-order valence-corrected chi connectivity index (χ4v) is 1.58. The monoisotopic (exact) mass is 321 g/mol. The number of carbonyl (C=O) groups excluding carboxylic acids is 1. The summed E-state index contributed by atoms with van der Waals surface area (Å²) in [6.07, 6.45) is 0. The molecule has 1 aromatic carbocycles. The van der Waals surface area contributed by atoms with E-state index in [1.165, 1.54) is 7.11 Å². The van der Waals surface area contributed by atoms with Gasteiger partial charge in [-0.3, -0.25) is 0 Å². The molecule has 0 spiro atoms. The summed E-state index contributed by atoms with van der Waals surface area (Å²) in [6.45, 7) is 2.40. The van der Waals surface area contributed by atoms with Gasteiger partial charge in [0.15, 0.2) is 0 Å². The van der Waals surface area contributed by atoms with Gasteiger partial charge in [0.05, 0.1) is 22.9 Å². The molecule has 0 amide bonds. The third-order valence-electron chi connectivity index (χ3n) is 1.79. The topological polar surface area (TPSA) is 61.5 Å². The number of ether oxygens (including phenoxy) is 2. The highest BCUT2D eigenvalue weighted by atomic mass is 127. The van der Waals surface area contributed by atoms with Gasteiger partial charge in [0.1, 0.15) is 5.75 Å². The fraction of sp³-hybridized carbons (Fsp3) is 0.300. The summed E-state index contributed by atoms with van der Waals surface area (Å²) in [7, 11) is 1.33. The van der Waals surface area contributed by atoms with Crippen molar-refractivity contribution in [3.05, 3.63) is 21.3 Å². The van der Waals surface area contributed by atoms with Crippen molar-refractivity contribution in [3.63, 3.8) is 0 Å². The quantitative estimate of drug-likeness (QED) is 0.526. The Morgan fingerprint density at radius 1 is 1.53 bits per heavy atom. The Labute approximate surface area is 102 Å². The van der Waals surface area contributed by atoms with Crippen LogP contribution >= 0.6 is 22.6 Å². The van der Waals surface area contributed by atoms with Gasteiger partial charge in [-0.2, -0.15) is 0 Å². The van der Waals surface area contributed by atoms with Gasteiger partial charge < -0.3 is 15.2 Å². The molecule has 0 aliphatic heterocycles. The van der Waals surface area contributed by atoms with E-state index in [-0.39, 0.29) is 0 Å². The minimum Gasteiger partial charge on any atom is -0.493 e. The average molecular weight is 321 g/mol. The smallest absolute Gasteiger partial charge is 0.338 e. The molecule has 5 heteroatoms. The van der Waals surface area contributed by atoms with Crippen molar-refractivity contribution < 1.29 is 14.3 Å². The van der Waals surface area contributed by atoms with Crippen LogP contribution in [0.1, 0.15) is 17.3 Å². The predicted octanol–water partition coefficient (Wildman–Crippen LogP) is 2.06. The Bertz CT molecular complexity index is 379. The summed E-state index contributed by atoms with van der Waals surface area (Å²) in [4.78, 5) is 11.3. The molecule has 0 bridgehead atoms. The maximum absolute atomic E-state index is 11.3. The number of hydrogen-bond donors (Lipinski definition) is 1. The highest BCUT2D eigenvalue weighted by Crippen LogP contribution is 2.28. The largest absolute Gasteiger partial charge is 0.493 e. The minimum absolute atomic E-state index is 0.402. The molecule has 0 fully saturated rings. The molecular weight excluding hydrogens is 309 g/mol. The lowest BCUT2D eigenvalue weighted by Crippen LogP contribution is -2.05. The standard InChI is InChI=1S/C10H12INO3/c1-3-15-8-5-6(10(13)14-2)4-7(12)9(8)11/h4-5H,3,12H2,1-2H3. The highest BCUT2D eigenvalue weighted by Gasteiger charge is 2.12. The molecule has 0 atom stereocenters. The van der Waals surface area contributed by atoms with Gasteiger partial charge in [0.2, 0.25) is 0 Å². The van der Waals surface area contributed by atoms with E-state index < -0.39 is 5.97 Å². The van der Waals surface area contributed by atoms with Crippen molar-refractivity contribution in [2.75, 3.05) is 19.5 Å². The molecule has 4 nitrogen and oxygen atoms in total. The van der Waals surface area contributed by atoms with Gasteiger partial charge in [0, 0.05) is 5.69 Å². The van der Waals surface area contributed by atoms with E-state index in [2.05, 4.69) is 27.3 Å². The van der Waals surface area contributed by atoms with Gasteiger partial charge in [-0.05, 0) is 41.6 Å². The first kappa shape index (κ1) is 12.1. The number of methoxy groups -OCH3 is 1. The summed E-state index contributed by atoms with van der Waals surface area (Å²) >= 11 is 2.08. The van der Waals surface area contributed by atoms with E-state index in [0.717, 1.165) is 3.57 Å². The molecule has 0 aliphatic rings. The second-order valence-electron chi connectivity index (χ2n) is 2.80. The molecule has 82 valence electrons. The van der Waals surface area contributed by atoms with Crippen molar-refractivity contribution >= 4 is 34.2 Å². The van der Waals surface area contributed by atoms with E-state index in [4.69, 9.17) is 10.5 Å². The SMILES string of the molecule is CCOc1cc(C(=O)OC)cc(N)c1I. The molecule has 15 heavy (non-hydrogen) atoms. The third kappa shape index (κ3) is 2.74. The Morgan fingerprint density at radius 3 is 2.73 bits per heavy atom. The molecule has 0 radical (unpaired) electrons. The number of carbonyl (C=O) groups is 1. The summed E-state index contributed by atoms with van der Waals surface area (Å²) in [5, 5.41) is 0. The number of nitrogen functional groups attached to an aromatic ring is 1. The first-order valence-electron chi connectivity index (χ1n) is 4.40. The summed E-state index contributed by atoms with van der Waals surface area (Å²) in [6, 6.07) is 3.21. The van der Waals surface area contributed by atoms with Crippen molar-refractivity contribution in [1.82, 2.24) is 0 Å². The zero-order chi connectivity index (χ0) is 11.4. The van der Waals surface area contributed by atoms with E-state index in [1.54, 1.807) is 12.1 Å². The van der Waals surface area contributed by atoms with Crippen LogP contribution in [-0.2, 0) is 4.74 Å². The zero-order valence-electron chi connectivity index (χ0n) is 8.54. The highest BCUT2D eigenvalue weighted by molar-refractivity contribution is 14.1. The molecule has 0 aromatic heterocycles. The lowest BCUT2D eigenvalue weighted by Gasteiger charge is -2.10. The first-order valence-corrected chi connectivity index (χ1v) is 5.48. The predicted molar refractivity (Wildman–Crippen MR) is 66.1 cm³/mol. The zero-order valence-corrected chi connectivity index (χ0v) is 10.7. The minimum atomic E-state index is -0.418. The van der Waals surface area contributed by atoms with E-state index >= 15 is 0 Å². The van der Waals surface area contributed by atoms with Crippen LogP contribution in [0.2, 0.25) is 0 Å². The van der Waals surface area contributed by atoms with Gasteiger partial charge in [0.25, 0.3) is 0 Å². The Hall–Kier alpha value is -0.980. The first-order chi connectivity index (χ1) is 7.10. The summed E-state index contributed by atoms with van der Waals surface area (Å²) in [5.74, 6) is 0.192. The summed E-state index contributed by atoms with van der Waals surface area (Å²) < 4.78 is 10.8. The van der Waals surface area contributed by atoms with E-state index in [9.17, 15) is 4.79 Å². The number of halogens is 1. The summed E-state index contributed by atoms with van der Waals surface area (Å²) in [5.41, 5.74) is 6.67. The van der Waals surface area contributed by atoms with Crippen LogP contribution < -0.4 is 10.5 Å². The molecule has 0 aliphatic carbocycles. The van der Waals surface area contributed by atoms with Crippen LogP contribution in [0.25, 0.3) is 0 Å². The number of nitrogens with two attached hydrogens (primary N) is 1. The second-order valence-corrected chi connectivity index (χ2v) is 3.88. The molecule has 0 saturated heterocycles.